The summed E-state index contributed by atoms with van der Waals surface area (Å²) < 4.78 is 80.4. The molecular weight excluding hydrogens is 364 g/mol. The Morgan fingerprint density at radius 3 is 2.48 bits per heavy atom. The largest absolute Gasteiger partial charge is 0.508 e. The number of phenolic OH excluding ortho intramolecular Hbond substituents is 1. The molecule has 1 heterocycles. The van der Waals surface area contributed by atoms with E-state index in [9.17, 15) is 14.7 Å². The van der Waals surface area contributed by atoms with Crippen LogP contribution in [0, 0.1) is 0 Å². The van der Waals surface area contributed by atoms with Gasteiger partial charge in [0.05, 0.1) is 1.37 Å². The minimum absolute atomic E-state index is 0.0204. The summed E-state index contributed by atoms with van der Waals surface area (Å²) in [6, 6.07) is 6.47. The molecule has 152 valence electrons. The number of fused-ring (bicyclic) bond motifs is 1. The number of benzene rings is 2. The third kappa shape index (κ3) is 4.04. The second-order valence-corrected chi connectivity index (χ2v) is 7.85. The molecule has 5 heteroatoms. The summed E-state index contributed by atoms with van der Waals surface area (Å²) in [4.78, 5) is 29.0. The lowest BCUT2D eigenvalue weighted by Gasteiger charge is -2.28. The van der Waals surface area contributed by atoms with Crippen LogP contribution in [-0.4, -0.2) is 16.0 Å². The summed E-state index contributed by atoms with van der Waals surface area (Å²) in [6.45, 7) is -6.22. The Balaban J connectivity index is 2.35. The van der Waals surface area contributed by atoms with Crippen LogP contribution in [0.4, 0.5) is 5.69 Å². The van der Waals surface area contributed by atoms with E-state index in [1.807, 2.05) is 0 Å². The van der Waals surface area contributed by atoms with Crippen LogP contribution in [0.1, 0.15) is 76.5 Å². The number of aromatic nitrogens is 1. The van der Waals surface area contributed by atoms with E-state index in [4.69, 9.17) is 13.7 Å². The van der Waals surface area contributed by atoms with Gasteiger partial charge in [0.2, 0.25) is 5.43 Å². The molecule has 3 N–H and O–H groups in total. The lowest BCUT2D eigenvalue weighted by atomic mass is 9.79. The molecule has 0 bridgehead atoms. The van der Waals surface area contributed by atoms with Gasteiger partial charge in [-0.1, -0.05) is 53.5 Å². The first-order valence-corrected chi connectivity index (χ1v) is 8.86. The quantitative estimate of drug-likeness (QED) is 0.559. The molecule has 0 saturated heterocycles. The van der Waals surface area contributed by atoms with Crippen LogP contribution < -0.4 is 10.7 Å². The minimum Gasteiger partial charge on any atom is -0.508 e. The van der Waals surface area contributed by atoms with Gasteiger partial charge in [-0.3, -0.25) is 9.59 Å². The number of carbonyl (C=O) groups is 1. The zero-order chi connectivity index (χ0) is 29.9. The van der Waals surface area contributed by atoms with E-state index >= 15 is 0 Å². The molecule has 5 nitrogen and oxygen atoms in total. The zero-order valence-corrected chi connectivity index (χ0v) is 16.2. The first-order chi connectivity index (χ1) is 17.6. The van der Waals surface area contributed by atoms with Crippen LogP contribution in [-0.2, 0) is 10.8 Å². The van der Waals surface area contributed by atoms with Gasteiger partial charge >= 0.3 is 0 Å². The second-order valence-electron chi connectivity index (χ2n) is 7.85. The summed E-state index contributed by atoms with van der Waals surface area (Å²) in [5.74, 6) is -2.18. The average molecular weight is 403 g/mol. The Kier molecular flexibility index (Phi) is 2.73. The number of hydrogen-bond acceptors (Lipinski definition) is 3. The molecule has 1 amide bonds. The van der Waals surface area contributed by atoms with Crippen molar-refractivity contribution in [3.05, 3.63) is 69.5 Å². The van der Waals surface area contributed by atoms with E-state index in [2.05, 4.69) is 10.3 Å². The number of aromatic hydroxyl groups is 1. The molecule has 3 aromatic rings. The van der Waals surface area contributed by atoms with Crippen molar-refractivity contribution in [2.75, 3.05) is 5.32 Å². The second kappa shape index (κ2) is 7.07. The van der Waals surface area contributed by atoms with Gasteiger partial charge in [-0.25, -0.2) is 0 Å². The summed E-state index contributed by atoms with van der Waals surface area (Å²) in [5.41, 5.74) is -6.39. The molecule has 0 aliphatic heterocycles. The van der Waals surface area contributed by atoms with Crippen molar-refractivity contribution >= 4 is 22.5 Å². The Morgan fingerprint density at radius 1 is 1.14 bits per heavy atom. The fraction of sp³-hybridized carbons (Fsp3) is 0.333. The monoisotopic (exact) mass is 402 g/mol. The molecule has 29 heavy (non-hydrogen) atoms. The Bertz CT molecular complexity index is 1460. The highest BCUT2D eigenvalue weighted by molar-refractivity contribution is 6.06. The minimum atomic E-state index is -3.67. The SMILES string of the molecule is [2H]c1c(O)c(C(C([2H])([2H])[2H])(C([2H])([2H])[2H])C([2H])([2H])[2H])cc(C(C)(C)C)c1NC(=O)c1c[nH]c2ccccc2c1=O. The maximum atomic E-state index is 13.2. The van der Waals surface area contributed by atoms with Crippen LogP contribution in [0.2, 0.25) is 0 Å². The van der Waals surface area contributed by atoms with E-state index in [0.29, 0.717) is 5.52 Å². The number of nitrogens with one attached hydrogen (secondary N) is 2. The predicted octanol–water partition coefficient (Wildman–Crippen LogP) is 5.08. The number of para-hydroxylation sites is 1. The van der Waals surface area contributed by atoms with Gasteiger partial charge in [0, 0.05) is 41.2 Å². The molecule has 0 fully saturated rings. The molecule has 0 saturated carbocycles. The molecule has 1 aromatic heterocycles. The number of H-pyrrole nitrogens is 1. The first-order valence-electron chi connectivity index (χ1n) is 13.9. The van der Waals surface area contributed by atoms with Crippen molar-refractivity contribution in [1.82, 2.24) is 4.98 Å². The third-order valence-corrected chi connectivity index (χ3v) is 4.54. The van der Waals surface area contributed by atoms with Crippen molar-refractivity contribution < 1.29 is 23.6 Å². The molecule has 0 aliphatic carbocycles. The third-order valence-electron chi connectivity index (χ3n) is 4.54. The zero-order valence-electron chi connectivity index (χ0n) is 26.2. The van der Waals surface area contributed by atoms with E-state index < -0.39 is 60.1 Å². The van der Waals surface area contributed by atoms with Gasteiger partial charge < -0.3 is 15.4 Å². The maximum Gasteiger partial charge on any atom is 0.261 e. The Morgan fingerprint density at radius 2 is 1.83 bits per heavy atom. The first kappa shape index (κ1) is 11.2. The lowest BCUT2D eigenvalue weighted by Crippen LogP contribution is -2.25. The Labute approximate surface area is 184 Å². The fourth-order valence-electron chi connectivity index (χ4n) is 3.03. The van der Waals surface area contributed by atoms with Gasteiger partial charge in [0.15, 0.2) is 0 Å². The van der Waals surface area contributed by atoms with Crippen LogP contribution in [0.15, 0.2) is 47.4 Å². The number of anilines is 1. The van der Waals surface area contributed by atoms with Crippen molar-refractivity contribution in [3.8, 4) is 5.75 Å². The standard InChI is InChI=1S/C24H28N2O3/c1-23(2,3)16-11-17(24(4,5)6)20(27)12-19(16)26-22(29)15-13-25-18-10-8-7-9-14(18)21(15)28/h7-13,27H,1-6H3,(H,25,28)(H,26,29)/i4D3,5D3,6D3,12D. The van der Waals surface area contributed by atoms with Crippen molar-refractivity contribution in [2.45, 2.75) is 52.2 Å². The normalized spacial score (nSPS) is 18.6. The molecule has 0 aliphatic rings. The predicted molar refractivity (Wildman–Crippen MR) is 118 cm³/mol. The van der Waals surface area contributed by atoms with E-state index in [0.717, 1.165) is 6.07 Å². The highest BCUT2D eigenvalue weighted by Gasteiger charge is 2.26. The molecule has 0 spiro atoms. The topological polar surface area (TPSA) is 82.2 Å². The number of amides is 1. The number of carbonyl (C=O) groups excluding carboxylic acids is 1. The van der Waals surface area contributed by atoms with Crippen LogP contribution in [0.25, 0.3) is 10.9 Å². The van der Waals surface area contributed by atoms with E-state index in [1.165, 1.54) is 12.3 Å². The molecule has 0 radical (unpaired) electrons. The lowest BCUT2D eigenvalue weighted by molar-refractivity contribution is 0.102. The summed E-state index contributed by atoms with van der Waals surface area (Å²) in [5, 5.41) is 13.7. The number of aromatic amines is 1. The van der Waals surface area contributed by atoms with E-state index in [1.54, 1.807) is 39.0 Å². The molecule has 0 atom stereocenters. The highest BCUT2D eigenvalue weighted by Crippen LogP contribution is 2.39. The van der Waals surface area contributed by atoms with Crippen LogP contribution >= 0.6 is 0 Å². The summed E-state index contributed by atoms with van der Waals surface area (Å²) >= 11 is 0. The van der Waals surface area contributed by atoms with Gasteiger partial charge in [-0.05, 0) is 40.2 Å². The van der Waals surface area contributed by atoms with Crippen molar-refractivity contribution in [3.63, 3.8) is 0 Å². The van der Waals surface area contributed by atoms with Crippen molar-refractivity contribution in [1.29, 1.82) is 0 Å². The molecule has 0 unspecified atom stereocenters. The number of phenols is 1. The number of pyridine rings is 1. The molecular formula is C24H28N2O3. The van der Waals surface area contributed by atoms with Gasteiger partial charge in [0.25, 0.3) is 5.91 Å². The van der Waals surface area contributed by atoms with Gasteiger partial charge in [-0.15, -0.1) is 0 Å². The van der Waals surface area contributed by atoms with E-state index in [-0.39, 0.29) is 22.2 Å². The number of rotatable bonds is 2. The van der Waals surface area contributed by atoms with Gasteiger partial charge in [-0.2, -0.15) is 0 Å². The van der Waals surface area contributed by atoms with Crippen LogP contribution in [0.5, 0.6) is 5.75 Å². The van der Waals surface area contributed by atoms with Gasteiger partial charge in [0.1, 0.15) is 11.3 Å². The Hall–Kier alpha value is -3.08. The highest BCUT2D eigenvalue weighted by atomic mass is 16.3. The maximum absolute atomic E-state index is 13.2. The fourth-order valence-corrected chi connectivity index (χ4v) is 3.03. The molecule has 3 rings (SSSR count). The van der Waals surface area contributed by atoms with Crippen molar-refractivity contribution in [2.24, 2.45) is 0 Å². The average Bonchev–Trinajstić information content (AvgIpc) is 2.75. The summed E-state index contributed by atoms with van der Waals surface area (Å²) in [6.07, 6.45) is 1.18. The van der Waals surface area contributed by atoms with Crippen LogP contribution in [0.3, 0.4) is 0 Å². The molecule has 2 aromatic carbocycles. The smallest absolute Gasteiger partial charge is 0.261 e. The summed E-state index contributed by atoms with van der Waals surface area (Å²) in [7, 11) is 0. The number of hydrogen-bond donors (Lipinski definition) is 3.